The largest absolute Gasteiger partial charge is 0.508 e. The molecule has 3 rings (SSSR count). The predicted octanol–water partition coefficient (Wildman–Crippen LogP) is 0.691. The Morgan fingerprint density at radius 1 is 1.24 bits per heavy atom. The monoisotopic (exact) mass is 290 g/mol. The van der Waals surface area contributed by atoms with Gasteiger partial charge in [-0.2, -0.15) is 0 Å². The molecule has 0 aliphatic carbocycles. The van der Waals surface area contributed by atoms with E-state index >= 15 is 0 Å². The second kappa shape index (κ2) is 5.50. The van der Waals surface area contributed by atoms with Gasteiger partial charge in [0, 0.05) is 23.1 Å². The lowest BCUT2D eigenvalue weighted by Crippen LogP contribution is -3.14. The minimum Gasteiger partial charge on any atom is -0.508 e. The number of morpholine rings is 1. The molecule has 2 N–H and O–H groups in total. The lowest BCUT2D eigenvalue weighted by atomic mass is 10.1. The summed E-state index contributed by atoms with van der Waals surface area (Å²) in [6.07, 6.45) is 0.443. The van der Waals surface area contributed by atoms with Crippen LogP contribution in [0.3, 0.4) is 0 Å². The van der Waals surface area contributed by atoms with E-state index in [-0.39, 0.29) is 23.6 Å². The Morgan fingerprint density at radius 3 is 2.67 bits per heavy atom. The third-order valence-corrected chi connectivity index (χ3v) is 3.87. The smallest absolute Gasteiger partial charge is 0.336 e. The zero-order valence-corrected chi connectivity index (χ0v) is 12.3. The molecule has 1 aromatic carbocycles. The van der Waals surface area contributed by atoms with E-state index in [1.165, 1.54) is 11.0 Å². The molecule has 0 saturated carbocycles. The number of fused-ring (bicyclic) bond motifs is 1. The van der Waals surface area contributed by atoms with Crippen molar-refractivity contribution >= 4 is 11.0 Å². The quantitative estimate of drug-likeness (QED) is 0.799. The van der Waals surface area contributed by atoms with Gasteiger partial charge in [0.05, 0.1) is 0 Å². The predicted molar refractivity (Wildman–Crippen MR) is 78.6 cm³/mol. The molecule has 112 valence electrons. The fourth-order valence-corrected chi connectivity index (χ4v) is 3.17. The average molecular weight is 290 g/mol. The van der Waals surface area contributed by atoms with E-state index in [4.69, 9.17) is 9.15 Å². The van der Waals surface area contributed by atoms with E-state index in [2.05, 4.69) is 13.8 Å². The molecule has 1 aliphatic rings. The summed E-state index contributed by atoms with van der Waals surface area (Å²) in [5.74, 6) is 0.101. The van der Waals surface area contributed by atoms with Crippen LogP contribution in [-0.4, -0.2) is 30.4 Å². The summed E-state index contributed by atoms with van der Waals surface area (Å²) < 4.78 is 10.9. The van der Waals surface area contributed by atoms with Gasteiger partial charge in [-0.25, -0.2) is 4.79 Å². The van der Waals surface area contributed by atoms with Gasteiger partial charge in [0.25, 0.3) is 0 Å². The summed E-state index contributed by atoms with van der Waals surface area (Å²) in [6.45, 7) is 6.75. The molecule has 1 aromatic heterocycles. The number of phenols is 1. The fraction of sp³-hybridized carbons (Fsp3) is 0.438. The van der Waals surface area contributed by atoms with Gasteiger partial charge in [0.2, 0.25) is 0 Å². The van der Waals surface area contributed by atoms with Crippen molar-refractivity contribution in [2.24, 2.45) is 0 Å². The lowest BCUT2D eigenvalue weighted by Gasteiger charge is -2.32. The van der Waals surface area contributed by atoms with E-state index in [0.717, 1.165) is 30.6 Å². The Kier molecular flexibility index (Phi) is 3.69. The Balaban J connectivity index is 1.95. The molecule has 0 amide bonds. The Labute approximate surface area is 122 Å². The number of aromatic hydroxyl groups is 1. The van der Waals surface area contributed by atoms with Gasteiger partial charge >= 0.3 is 5.63 Å². The molecule has 2 heterocycles. The molecule has 5 heteroatoms. The maximum absolute atomic E-state index is 11.7. The Bertz CT molecular complexity index is 699. The van der Waals surface area contributed by atoms with E-state index < -0.39 is 0 Å². The van der Waals surface area contributed by atoms with E-state index in [0.29, 0.717) is 5.58 Å². The van der Waals surface area contributed by atoms with Crippen LogP contribution in [0.2, 0.25) is 0 Å². The molecular formula is C16H20NO4+. The molecule has 1 fully saturated rings. The van der Waals surface area contributed by atoms with Gasteiger partial charge in [-0.15, -0.1) is 0 Å². The summed E-state index contributed by atoms with van der Waals surface area (Å²) in [5, 5.41) is 10.4. The average Bonchev–Trinajstić information content (AvgIpc) is 2.36. The van der Waals surface area contributed by atoms with Crippen LogP contribution in [0.25, 0.3) is 11.0 Å². The van der Waals surface area contributed by atoms with Crippen LogP contribution in [-0.2, 0) is 11.3 Å². The fourth-order valence-electron chi connectivity index (χ4n) is 3.17. The molecule has 0 bridgehead atoms. The lowest BCUT2D eigenvalue weighted by molar-refractivity contribution is -0.928. The third-order valence-electron chi connectivity index (χ3n) is 3.87. The van der Waals surface area contributed by atoms with Gasteiger partial charge in [-0.3, -0.25) is 0 Å². The minimum absolute atomic E-state index is 0.101. The number of hydrogen-bond donors (Lipinski definition) is 2. The summed E-state index contributed by atoms with van der Waals surface area (Å²) in [7, 11) is 0. The highest BCUT2D eigenvalue weighted by Crippen LogP contribution is 2.21. The van der Waals surface area contributed by atoms with Gasteiger partial charge < -0.3 is 19.2 Å². The standard InChI is InChI=1S/C16H19NO4/c1-10-7-17(8-11(2)20-10)9-12-5-16(19)21-15-6-13(18)3-4-14(12)15/h3-6,10-11,18H,7-9H2,1-2H3/p+1/t10-,11+. The molecule has 3 atom stereocenters. The number of hydrogen-bond acceptors (Lipinski definition) is 4. The molecule has 5 nitrogen and oxygen atoms in total. The van der Waals surface area contributed by atoms with Crippen molar-refractivity contribution in [3.63, 3.8) is 0 Å². The minimum atomic E-state index is -0.378. The first-order valence-corrected chi connectivity index (χ1v) is 7.26. The van der Waals surface area contributed by atoms with Crippen LogP contribution in [0.4, 0.5) is 0 Å². The second-order valence-corrected chi connectivity index (χ2v) is 5.86. The summed E-state index contributed by atoms with van der Waals surface area (Å²) in [6, 6.07) is 6.46. The zero-order chi connectivity index (χ0) is 15.0. The van der Waals surface area contributed by atoms with E-state index in [1.54, 1.807) is 18.2 Å². The van der Waals surface area contributed by atoms with E-state index in [1.807, 2.05) is 0 Å². The maximum atomic E-state index is 11.7. The molecule has 1 saturated heterocycles. The summed E-state index contributed by atoms with van der Waals surface area (Å²) >= 11 is 0. The van der Waals surface area contributed by atoms with Crippen molar-refractivity contribution in [1.29, 1.82) is 0 Å². The number of rotatable bonds is 2. The highest BCUT2D eigenvalue weighted by molar-refractivity contribution is 5.81. The highest BCUT2D eigenvalue weighted by atomic mass is 16.5. The number of benzene rings is 1. The Hall–Kier alpha value is -1.85. The zero-order valence-electron chi connectivity index (χ0n) is 12.3. The number of quaternary nitrogens is 1. The molecule has 0 radical (unpaired) electrons. The van der Waals surface area contributed by atoms with Gasteiger partial charge in [0.1, 0.15) is 43.2 Å². The van der Waals surface area contributed by atoms with Crippen LogP contribution in [0.5, 0.6) is 5.75 Å². The van der Waals surface area contributed by atoms with Gasteiger partial charge in [0.15, 0.2) is 0 Å². The summed E-state index contributed by atoms with van der Waals surface area (Å²) in [5.41, 5.74) is 1.01. The molecule has 1 unspecified atom stereocenters. The van der Waals surface area contributed by atoms with Crippen LogP contribution < -0.4 is 10.5 Å². The molecular weight excluding hydrogens is 270 g/mol. The van der Waals surface area contributed by atoms with Gasteiger partial charge in [-0.05, 0) is 26.0 Å². The number of phenolic OH excluding ortho intramolecular Hbond substituents is 1. The third kappa shape index (κ3) is 3.09. The van der Waals surface area contributed by atoms with Crippen molar-refractivity contribution in [2.75, 3.05) is 13.1 Å². The molecule has 0 spiro atoms. The SMILES string of the molecule is C[C@@H]1C[NH+](Cc2cc(=O)oc3cc(O)ccc23)C[C@H](C)O1. The van der Waals surface area contributed by atoms with Crippen LogP contribution in [0.1, 0.15) is 19.4 Å². The number of ether oxygens (including phenoxy) is 1. The first kappa shape index (κ1) is 14.1. The first-order chi connectivity index (χ1) is 10.0. The topological polar surface area (TPSA) is 64.1 Å². The Morgan fingerprint density at radius 2 is 1.95 bits per heavy atom. The van der Waals surface area contributed by atoms with Crippen LogP contribution >= 0.6 is 0 Å². The second-order valence-electron chi connectivity index (χ2n) is 5.86. The summed E-state index contributed by atoms with van der Waals surface area (Å²) in [4.78, 5) is 13.1. The van der Waals surface area contributed by atoms with Crippen LogP contribution in [0, 0.1) is 0 Å². The first-order valence-electron chi connectivity index (χ1n) is 7.26. The number of nitrogens with one attached hydrogen (secondary N) is 1. The molecule has 21 heavy (non-hydrogen) atoms. The maximum Gasteiger partial charge on any atom is 0.336 e. The van der Waals surface area contributed by atoms with Crippen molar-refractivity contribution in [1.82, 2.24) is 0 Å². The molecule has 1 aliphatic heterocycles. The van der Waals surface area contributed by atoms with Crippen molar-refractivity contribution in [3.05, 3.63) is 40.2 Å². The normalized spacial score (nSPS) is 26.1. The highest BCUT2D eigenvalue weighted by Gasteiger charge is 2.26. The van der Waals surface area contributed by atoms with Gasteiger partial charge in [-0.1, -0.05) is 0 Å². The van der Waals surface area contributed by atoms with E-state index in [9.17, 15) is 9.90 Å². The van der Waals surface area contributed by atoms with Crippen molar-refractivity contribution in [3.8, 4) is 5.75 Å². The van der Waals surface area contributed by atoms with Crippen molar-refractivity contribution in [2.45, 2.75) is 32.6 Å². The molecule has 2 aromatic rings. The van der Waals surface area contributed by atoms with Crippen LogP contribution in [0.15, 0.2) is 33.5 Å². The van der Waals surface area contributed by atoms with Crippen molar-refractivity contribution < 1.29 is 19.2 Å².